The second-order valence-corrected chi connectivity index (χ2v) is 3.98. The molecule has 82 valence electrons. The van der Waals surface area contributed by atoms with Crippen molar-refractivity contribution in [3.05, 3.63) is 11.3 Å². The topological polar surface area (TPSA) is 67.1 Å². The van der Waals surface area contributed by atoms with Gasteiger partial charge in [0, 0.05) is 32.6 Å². The van der Waals surface area contributed by atoms with Gasteiger partial charge in [0.15, 0.2) is 0 Å². The van der Waals surface area contributed by atoms with Crippen molar-refractivity contribution in [3.63, 3.8) is 0 Å². The average molecular weight is 207 g/mol. The predicted octanol–water partition coefficient (Wildman–Crippen LogP) is -0.187. The largest absolute Gasteiger partial charge is 0.383 e. The van der Waals surface area contributed by atoms with Gasteiger partial charge in [-0.15, -0.1) is 0 Å². The Kier molecular flexibility index (Phi) is 2.73. The number of nitrogens with zero attached hydrogens (tertiary/aromatic N) is 3. The standard InChI is InChI=1S/C10H17N5/c1-15(2)10-13-8-4-6-12-5-3-7(8)9(11)14-10/h12H,3-6H2,1-2H3,(H2,11,13,14). The maximum atomic E-state index is 5.94. The van der Waals surface area contributed by atoms with Crippen LogP contribution >= 0.6 is 0 Å². The number of nitrogen functional groups attached to an aromatic ring is 1. The fourth-order valence-electron chi connectivity index (χ4n) is 1.76. The SMILES string of the molecule is CN(C)c1nc(N)c2c(n1)CCNCC2. The van der Waals surface area contributed by atoms with Crippen molar-refractivity contribution in [2.24, 2.45) is 0 Å². The van der Waals surface area contributed by atoms with E-state index in [0.29, 0.717) is 11.8 Å². The van der Waals surface area contributed by atoms with Gasteiger partial charge >= 0.3 is 0 Å². The number of anilines is 2. The summed E-state index contributed by atoms with van der Waals surface area (Å²) in [6.45, 7) is 1.93. The van der Waals surface area contributed by atoms with Crippen LogP contribution in [0.25, 0.3) is 0 Å². The van der Waals surface area contributed by atoms with Crippen molar-refractivity contribution in [2.45, 2.75) is 12.8 Å². The maximum Gasteiger partial charge on any atom is 0.227 e. The maximum absolute atomic E-state index is 5.94. The van der Waals surface area contributed by atoms with Crippen molar-refractivity contribution in [2.75, 3.05) is 37.8 Å². The van der Waals surface area contributed by atoms with Crippen LogP contribution in [0.2, 0.25) is 0 Å². The molecular weight excluding hydrogens is 190 g/mol. The first-order chi connectivity index (χ1) is 7.18. The Balaban J connectivity index is 2.44. The van der Waals surface area contributed by atoms with Gasteiger partial charge in [-0.1, -0.05) is 0 Å². The van der Waals surface area contributed by atoms with Crippen LogP contribution in [0.5, 0.6) is 0 Å². The molecule has 2 heterocycles. The quantitative estimate of drug-likeness (QED) is 0.668. The number of nitrogens with two attached hydrogens (primary N) is 1. The van der Waals surface area contributed by atoms with Crippen molar-refractivity contribution < 1.29 is 0 Å². The van der Waals surface area contributed by atoms with E-state index in [4.69, 9.17) is 5.73 Å². The first kappa shape index (κ1) is 10.2. The predicted molar refractivity (Wildman–Crippen MR) is 61.0 cm³/mol. The summed E-state index contributed by atoms with van der Waals surface area (Å²) in [5.74, 6) is 1.33. The summed E-state index contributed by atoms with van der Waals surface area (Å²) >= 11 is 0. The van der Waals surface area contributed by atoms with E-state index in [2.05, 4.69) is 15.3 Å². The van der Waals surface area contributed by atoms with Crippen molar-refractivity contribution >= 4 is 11.8 Å². The lowest BCUT2D eigenvalue weighted by molar-refractivity contribution is 0.708. The first-order valence-corrected chi connectivity index (χ1v) is 5.22. The van der Waals surface area contributed by atoms with E-state index in [1.807, 2.05) is 19.0 Å². The molecule has 0 spiro atoms. The Labute approximate surface area is 89.7 Å². The molecule has 0 atom stereocenters. The number of rotatable bonds is 1. The number of hydrogen-bond donors (Lipinski definition) is 2. The molecule has 1 aliphatic heterocycles. The van der Waals surface area contributed by atoms with Gasteiger partial charge in [-0.25, -0.2) is 4.98 Å². The van der Waals surface area contributed by atoms with Crippen LogP contribution in [0.4, 0.5) is 11.8 Å². The molecule has 1 aliphatic rings. The van der Waals surface area contributed by atoms with E-state index in [1.165, 1.54) is 0 Å². The van der Waals surface area contributed by atoms with Crippen molar-refractivity contribution in [1.82, 2.24) is 15.3 Å². The first-order valence-electron chi connectivity index (χ1n) is 5.22. The van der Waals surface area contributed by atoms with Gasteiger partial charge < -0.3 is 16.0 Å². The van der Waals surface area contributed by atoms with Crippen molar-refractivity contribution in [1.29, 1.82) is 0 Å². The summed E-state index contributed by atoms with van der Waals surface area (Å²) in [5.41, 5.74) is 8.15. The molecule has 0 fully saturated rings. The molecule has 1 aromatic heterocycles. The molecule has 2 rings (SSSR count). The number of aromatic nitrogens is 2. The second-order valence-electron chi connectivity index (χ2n) is 3.98. The van der Waals surface area contributed by atoms with E-state index in [9.17, 15) is 0 Å². The van der Waals surface area contributed by atoms with Crippen LogP contribution in [-0.2, 0) is 12.8 Å². The third-order valence-corrected chi connectivity index (χ3v) is 2.60. The smallest absolute Gasteiger partial charge is 0.227 e. The van der Waals surface area contributed by atoms with E-state index in [0.717, 1.165) is 37.2 Å². The summed E-state index contributed by atoms with van der Waals surface area (Å²) in [7, 11) is 3.85. The summed E-state index contributed by atoms with van der Waals surface area (Å²) in [5, 5.41) is 3.33. The highest BCUT2D eigenvalue weighted by atomic mass is 15.2. The van der Waals surface area contributed by atoms with E-state index >= 15 is 0 Å². The molecular formula is C10H17N5. The molecule has 0 radical (unpaired) electrons. The number of fused-ring (bicyclic) bond motifs is 1. The monoisotopic (exact) mass is 207 g/mol. The molecule has 5 nitrogen and oxygen atoms in total. The van der Waals surface area contributed by atoms with Crippen LogP contribution < -0.4 is 16.0 Å². The highest BCUT2D eigenvalue weighted by molar-refractivity contribution is 5.48. The Morgan fingerprint density at radius 1 is 1.20 bits per heavy atom. The summed E-state index contributed by atoms with van der Waals surface area (Å²) in [6.07, 6.45) is 1.86. The summed E-state index contributed by atoms with van der Waals surface area (Å²) in [4.78, 5) is 10.7. The van der Waals surface area contributed by atoms with E-state index in [-0.39, 0.29) is 0 Å². The number of hydrogen-bond acceptors (Lipinski definition) is 5. The molecule has 1 aromatic rings. The van der Waals surface area contributed by atoms with E-state index in [1.54, 1.807) is 0 Å². The Bertz CT molecular complexity index is 361. The van der Waals surface area contributed by atoms with Crippen molar-refractivity contribution in [3.8, 4) is 0 Å². The van der Waals surface area contributed by atoms with Crippen LogP contribution in [0.15, 0.2) is 0 Å². The lowest BCUT2D eigenvalue weighted by atomic mass is 10.1. The van der Waals surface area contributed by atoms with Gasteiger partial charge in [0.25, 0.3) is 0 Å². The molecule has 0 unspecified atom stereocenters. The molecule has 15 heavy (non-hydrogen) atoms. The fourth-order valence-corrected chi connectivity index (χ4v) is 1.76. The van der Waals surface area contributed by atoms with Gasteiger partial charge in [0.05, 0.1) is 5.69 Å². The zero-order chi connectivity index (χ0) is 10.8. The lowest BCUT2D eigenvalue weighted by Gasteiger charge is -2.14. The third kappa shape index (κ3) is 2.02. The highest BCUT2D eigenvalue weighted by Crippen LogP contribution is 2.19. The zero-order valence-electron chi connectivity index (χ0n) is 9.25. The Morgan fingerprint density at radius 3 is 2.67 bits per heavy atom. The number of nitrogens with one attached hydrogen (secondary N) is 1. The van der Waals surface area contributed by atoms with Crippen LogP contribution in [0.1, 0.15) is 11.3 Å². The van der Waals surface area contributed by atoms with Gasteiger partial charge in [-0.2, -0.15) is 4.98 Å². The molecule has 3 N–H and O–H groups in total. The van der Waals surface area contributed by atoms with Gasteiger partial charge in [0.1, 0.15) is 5.82 Å². The van der Waals surface area contributed by atoms with Crippen LogP contribution in [0.3, 0.4) is 0 Å². The van der Waals surface area contributed by atoms with E-state index < -0.39 is 0 Å². The van der Waals surface area contributed by atoms with Crippen LogP contribution in [-0.4, -0.2) is 37.2 Å². The zero-order valence-corrected chi connectivity index (χ0v) is 9.25. The van der Waals surface area contributed by atoms with Gasteiger partial charge in [-0.3, -0.25) is 0 Å². The molecule has 0 bridgehead atoms. The fraction of sp³-hybridized carbons (Fsp3) is 0.600. The van der Waals surface area contributed by atoms with Gasteiger partial charge in [0.2, 0.25) is 5.95 Å². The minimum absolute atomic E-state index is 0.632. The molecule has 5 heteroatoms. The molecule has 0 aromatic carbocycles. The summed E-state index contributed by atoms with van der Waals surface area (Å²) in [6, 6.07) is 0. The lowest BCUT2D eigenvalue weighted by Crippen LogP contribution is -2.16. The minimum atomic E-state index is 0.632. The average Bonchev–Trinajstić information content (AvgIpc) is 2.42. The molecule has 0 saturated heterocycles. The Hall–Kier alpha value is -1.36. The molecule has 0 aliphatic carbocycles. The normalized spacial score (nSPS) is 15.6. The second kappa shape index (κ2) is 4.02. The summed E-state index contributed by atoms with van der Waals surface area (Å²) < 4.78 is 0. The van der Waals surface area contributed by atoms with Gasteiger partial charge in [-0.05, 0) is 13.0 Å². The molecule has 0 saturated carbocycles. The third-order valence-electron chi connectivity index (χ3n) is 2.60. The minimum Gasteiger partial charge on any atom is -0.383 e. The highest BCUT2D eigenvalue weighted by Gasteiger charge is 2.15. The Morgan fingerprint density at radius 2 is 1.93 bits per heavy atom. The van der Waals surface area contributed by atoms with Crippen LogP contribution in [0, 0.1) is 0 Å². The molecule has 0 amide bonds.